The van der Waals surface area contributed by atoms with E-state index in [1.807, 2.05) is 11.6 Å². The van der Waals surface area contributed by atoms with Crippen molar-refractivity contribution in [2.45, 2.75) is 38.3 Å². The monoisotopic (exact) mass is 226 g/mol. The van der Waals surface area contributed by atoms with Crippen LogP contribution in [0.1, 0.15) is 31.7 Å². The highest BCUT2D eigenvalue weighted by molar-refractivity contribution is 7.09. The lowest BCUT2D eigenvalue weighted by atomic mass is 9.92. The van der Waals surface area contributed by atoms with Crippen molar-refractivity contribution in [3.63, 3.8) is 0 Å². The SMILES string of the molecule is CCNC1CCOC(C)(c2nccs2)C1. The topological polar surface area (TPSA) is 34.1 Å². The van der Waals surface area contributed by atoms with Crippen LogP contribution in [0.4, 0.5) is 0 Å². The normalized spacial score (nSPS) is 31.7. The molecule has 0 aliphatic carbocycles. The fourth-order valence-corrected chi connectivity index (χ4v) is 2.92. The molecule has 2 rings (SSSR count). The standard InChI is InChI=1S/C11H18N2OS/c1-3-12-9-4-6-14-11(2,8-9)10-13-5-7-15-10/h5,7,9,12H,3-4,6,8H2,1-2H3. The molecule has 1 aromatic heterocycles. The van der Waals surface area contributed by atoms with Crippen LogP contribution in [0, 0.1) is 0 Å². The van der Waals surface area contributed by atoms with Crippen molar-refractivity contribution in [1.29, 1.82) is 0 Å². The average Bonchev–Trinajstić information content (AvgIpc) is 2.71. The number of aromatic nitrogens is 1. The smallest absolute Gasteiger partial charge is 0.124 e. The highest BCUT2D eigenvalue weighted by atomic mass is 32.1. The van der Waals surface area contributed by atoms with Gasteiger partial charge in [-0.25, -0.2) is 4.98 Å². The van der Waals surface area contributed by atoms with Gasteiger partial charge in [0.1, 0.15) is 10.6 Å². The summed E-state index contributed by atoms with van der Waals surface area (Å²) < 4.78 is 5.89. The van der Waals surface area contributed by atoms with Crippen molar-refractivity contribution in [1.82, 2.24) is 10.3 Å². The summed E-state index contributed by atoms with van der Waals surface area (Å²) >= 11 is 1.68. The third-order valence-corrected chi connectivity index (χ3v) is 3.92. The van der Waals surface area contributed by atoms with Crippen LogP contribution in [0.5, 0.6) is 0 Å². The molecule has 1 N–H and O–H groups in total. The number of thiazole rings is 1. The van der Waals surface area contributed by atoms with Gasteiger partial charge in [-0.2, -0.15) is 0 Å². The summed E-state index contributed by atoms with van der Waals surface area (Å²) in [6.45, 7) is 6.15. The first kappa shape index (κ1) is 11.0. The zero-order valence-corrected chi connectivity index (χ0v) is 10.1. The van der Waals surface area contributed by atoms with Gasteiger partial charge in [0.2, 0.25) is 0 Å². The Labute approximate surface area is 94.9 Å². The van der Waals surface area contributed by atoms with E-state index in [0.29, 0.717) is 6.04 Å². The number of nitrogens with one attached hydrogen (secondary N) is 1. The number of nitrogens with zero attached hydrogens (tertiary/aromatic N) is 1. The molecule has 0 aromatic carbocycles. The summed E-state index contributed by atoms with van der Waals surface area (Å²) in [5.41, 5.74) is -0.181. The second kappa shape index (κ2) is 4.60. The van der Waals surface area contributed by atoms with Crippen molar-refractivity contribution >= 4 is 11.3 Å². The molecule has 0 saturated carbocycles. The minimum atomic E-state index is -0.181. The molecule has 1 aliphatic heterocycles. The molecule has 84 valence electrons. The van der Waals surface area contributed by atoms with Crippen LogP contribution in [-0.4, -0.2) is 24.2 Å². The van der Waals surface area contributed by atoms with Crippen LogP contribution in [-0.2, 0) is 10.3 Å². The Hall–Kier alpha value is -0.450. The van der Waals surface area contributed by atoms with Gasteiger partial charge >= 0.3 is 0 Å². The van der Waals surface area contributed by atoms with Crippen molar-refractivity contribution in [2.24, 2.45) is 0 Å². The quantitative estimate of drug-likeness (QED) is 0.857. The molecule has 1 aromatic rings. The van der Waals surface area contributed by atoms with E-state index in [2.05, 4.69) is 24.1 Å². The van der Waals surface area contributed by atoms with E-state index in [4.69, 9.17) is 4.74 Å². The van der Waals surface area contributed by atoms with Gasteiger partial charge in [-0.3, -0.25) is 0 Å². The van der Waals surface area contributed by atoms with E-state index in [9.17, 15) is 0 Å². The molecular formula is C11H18N2OS. The summed E-state index contributed by atoms with van der Waals surface area (Å²) in [5.74, 6) is 0. The molecule has 1 saturated heterocycles. The first-order chi connectivity index (χ1) is 7.24. The van der Waals surface area contributed by atoms with Crippen LogP contribution in [0.2, 0.25) is 0 Å². The first-order valence-corrected chi connectivity index (χ1v) is 6.40. The highest BCUT2D eigenvalue weighted by Crippen LogP contribution is 2.35. The van der Waals surface area contributed by atoms with Crippen LogP contribution < -0.4 is 5.32 Å². The Bertz CT molecular complexity index is 300. The van der Waals surface area contributed by atoms with E-state index >= 15 is 0 Å². The zero-order chi connectivity index (χ0) is 10.7. The fraction of sp³-hybridized carbons (Fsp3) is 0.727. The Balaban J connectivity index is 2.08. The maximum absolute atomic E-state index is 5.89. The summed E-state index contributed by atoms with van der Waals surface area (Å²) in [4.78, 5) is 4.37. The van der Waals surface area contributed by atoms with E-state index in [-0.39, 0.29) is 5.60 Å². The summed E-state index contributed by atoms with van der Waals surface area (Å²) in [5, 5.41) is 6.62. The molecule has 2 atom stereocenters. The van der Waals surface area contributed by atoms with Gasteiger partial charge in [0, 0.05) is 24.2 Å². The molecule has 2 unspecified atom stereocenters. The van der Waals surface area contributed by atoms with Gasteiger partial charge in [-0.05, 0) is 26.3 Å². The minimum Gasteiger partial charge on any atom is -0.368 e. The Morgan fingerprint density at radius 3 is 3.27 bits per heavy atom. The average molecular weight is 226 g/mol. The van der Waals surface area contributed by atoms with Crippen molar-refractivity contribution in [2.75, 3.05) is 13.2 Å². The minimum absolute atomic E-state index is 0.181. The van der Waals surface area contributed by atoms with Gasteiger partial charge < -0.3 is 10.1 Å². The Morgan fingerprint density at radius 1 is 1.73 bits per heavy atom. The molecular weight excluding hydrogens is 208 g/mol. The Kier molecular flexibility index (Phi) is 3.38. The van der Waals surface area contributed by atoms with Crippen molar-refractivity contribution in [3.8, 4) is 0 Å². The number of rotatable bonds is 3. The van der Waals surface area contributed by atoms with Crippen LogP contribution in [0.25, 0.3) is 0 Å². The summed E-state index contributed by atoms with van der Waals surface area (Å²) in [7, 11) is 0. The summed E-state index contributed by atoms with van der Waals surface area (Å²) in [6, 6.07) is 0.567. The predicted molar refractivity (Wildman–Crippen MR) is 62.1 cm³/mol. The van der Waals surface area contributed by atoms with Gasteiger partial charge in [0.05, 0.1) is 0 Å². The van der Waals surface area contributed by atoms with Crippen LogP contribution in [0.15, 0.2) is 11.6 Å². The van der Waals surface area contributed by atoms with E-state index in [0.717, 1.165) is 31.0 Å². The van der Waals surface area contributed by atoms with Gasteiger partial charge in [-0.1, -0.05) is 6.92 Å². The Morgan fingerprint density at radius 2 is 2.60 bits per heavy atom. The van der Waals surface area contributed by atoms with E-state index < -0.39 is 0 Å². The maximum Gasteiger partial charge on any atom is 0.124 e. The zero-order valence-electron chi connectivity index (χ0n) is 9.32. The lowest BCUT2D eigenvalue weighted by Crippen LogP contribution is -2.43. The highest BCUT2D eigenvalue weighted by Gasteiger charge is 2.36. The lowest BCUT2D eigenvalue weighted by Gasteiger charge is -2.37. The largest absolute Gasteiger partial charge is 0.368 e. The van der Waals surface area contributed by atoms with E-state index in [1.165, 1.54) is 0 Å². The predicted octanol–water partition coefficient (Wildman–Crippen LogP) is 2.15. The second-order valence-electron chi connectivity index (χ2n) is 4.16. The molecule has 2 heterocycles. The fourth-order valence-electron chi connectivity index (χ4n) is 2.15. The van der Waals surface area contributed by atoms with Crippen LogP contribution >= 0.6 is 11.3 Å². The third kappa shape index (κ3) is 2.38. The number of ether oxygens (including phenoxy) is 1. The number of hydrogen-bond acceptors (Lipinski definition) is 4. The molecule has 4 heteroatoms. The molecule has 1 fully saturated rings. The molecule has 15 heavy (non-hydrogen) atoms. The second-order valence-corrected chi connectivity index (χ2v) is 5.06. The van der Waals surface area contributed by atoms with E-state index in [1.54, 1.807) is 11.3 Å². The van der Waals surface area contributed by atoms with Gasteiger partial charge in [-0.15, -0.1) is 11.3 Å². The number of hydrogen-bond donors (Lipinski definition) is 1. The summed E-state index contributed by atoms with van der Waals surface area (Å²) in [6.07, 6.45) is 3.98. The van der Waals surface area contributed by atoms with Gasteiger partial charge in [0.15, 0.2) is 0 Å². The molecule has 0 amide bonds. The van der Waals surface area contributed by atoms with Crippen molar-refractivity contribution in [3.05, 3.63) is 16.6 Å². The maximum atomic E-state index is 5.89. The molecule has 3 nitrogen and oxygen atoms in total. The van der Waals surface area contributed by atoms with Crippen LogP contribution in [0.3, 0.4) is 0 Å². The molecule has 0 spiro atoms. The van der Waals surface area contributed by atoms with Gasteiger partial charge in [0.25, 0.3) is 0 Å². The molecule has 1 aliphatic rings. The van der Waals surface area contributed by atoms with Crippen molar-refractivity contribution < 1.29 is 4.74 Å². The molecule has 0 bridgehead atoms. The third-order valence-electron chi connectivity index (χ3n) is 2.90. The molecule has 0 radical (unpaired) electrons. The lowest BCUT2D eigenvalue weighted by molar-refractivity contribution is -0.0811. The first-order valence-electron chi connectivity index (χ1n) is 5.52.